The van der Waals surface area contributed by atoms with Crippen molar-refractivity contribution in [3.8, 4) is 11.5 Å². The fourth-order valence-corrected chi connectivity index (χ4v) is 2.10. The molecule has 6 nitrogen and oxygen atoms in total. The van der Waals surface area contributed by atoms with Crippen LogP contribution in [0.25, 0.3) is 0 Å². The lowest BCUT2D eigenvalue weighted by molar-refractivity contribution is -0.161. The first-order valence-corrected chi connectivity index (χ1v) is 7.73. The van der Waals surface area contributed by atoms with Crippen molar-refractivity contribution in [2.45, 2.75) is 6.10 Å². The van der Waals surface area contributed by atoms with E-state index < -0.39 is 12.1 Å². The van der Waals surface area contributed by atoms with E-state index in [-0.39, 0.29) is 12.5 Å². The van der Waals surface area contributed by atoms with E-state index in [4.69, 9.17) is 14.2 Å². The smallest absolute Gasteiger partial charge is 0.345 e. The van der Waals surface area contributed by atoms with E-state index in [0.29, 0.717) is 17.1 Å². The predicted molar refractivity (Wildman–Crippen MR) is 92.5 cm³/mol. The second-order valence-corrected chi connectivity index (χ2v) is 5.48. The van der Waals surface area contributed by atoms with Gasteiger partial charge in [0.2, 0.25) is 6.10 Å². The third kappa shape index (κ3) is 5.24. The first-order valence-electron chi connectivity index (χ1n) is 7.73. The molecule has 2 aromatic rings. The van der Waals surface area contributed by atoms with Crippen molar-refractivity contribution < 1.29 is 23.8 Å². The number of methoxy groups -OCH3 is 1. The van der Waals surface area contributed by atoms with Gasteiger partial charge in [-0.3, -0.25) is 4.79 Å². The summed E-state index contributed by atoms with van der Waals surface area (Å²) in [5.41, 5.74) is 0.610. The lowest BCUT2D eigenvalue weighted by Crippen LogP contribution is -2.32. The number of benzene rings is 2. The molecule has 0 aliphatic rings. The standard InChI is InChI=1S/C19H21NO5/c1-20(2)19(22)18(14-7-5-4-6-8-14)25-17(21)13-24-16-11-9-15(23-3)10-12-16/h4-12,18H,13H2,1-3H3/t18-/m1/s1. The Morgan fingerprint density at radius 2 is 1.56 bits per heavy atom. The summed E-state index contributed by atoms with van der Waals surface area (Å²) in [4.78, 5) is 25.8. The molecule has 0 spiro atoms. The second-order valence-electron chi connectivity index (χ2n) is 5.48. The Balaban J connectivity index is 2.00. The van der Waals surface area contributed by atoms with Crippen molar-refractivity contribution in [3.05, 3.63) is 60.2 Å². The average Bonchev–Trinajstić information content (AvgIpc) is 2.65. The van der Waals surface area contributed by atoms with Crippen LogP contribution in [0.2, 0.25) is 0 Å². The summed E-state index contributed by atoms with van der Waals surface area (Å²) >= 11 is 0. The van der Waals surface area contributed by atoms with Gasteiger partial charge < -0.3 is 19.1 Å². The summed E-state index contributed by atoms with van der Waals surface area (Å²) in [6.45, 7) is -0.295. The van der Waals surface area contributed by atoms with Gasteiger partial charge in [-0.15, -0.1) is 0 Å². The van der Waals surface area contributed by atoms with E-state index in [1.807, 2.05) is 6.07 Å². The largest absolute Gasteiger partial charge is 0.497 e. The topological polar surface area (TPSA) is 65.1 Å². The molecule has 1 atom stereocenters. The third-order valence-corrected chi connectivity index (χ3v) is 3.43. The van der Waals surface area contributed by atoms with Crippen molar-refractivity contribution in [2.75, 3.05) is 27.8 Å². The van der Waals surface area contributed by atoms with E-state index in [1.54, 1.807) is 69.7 Å². The molecule has 0 unspecified atom stereocenters. The van der Waals surface area contributed by atoms with Gasteiger partial charge in [-0.25, -0.2) is 4.79 Å². The van der Waals surface area contributed by atoms with Gasteiger partial charge in [-0.1, -0.05) is 30.3 Å². The maximum atomic E-state index is 12.3. The molecule has 2 rings (SSSR count). The zero-order chi connectivity index (χ0) is 18.2. The molecule has 25 heavy (non-hydrogen) atoms. The van der Waals surface area contributed by atoms with Crippen LogP contribution < -0.4 is 9.47 Å². The van der Waals surface area contributed by atoms with Crippen molar-refractivity contribution in [2.24, 2.45) is 0 Å². The number of rotatable bonds is 7. The molecule has 0 fully saturated rings. The van der Waals surface area contributed by atoms with Crippen LogP contribution in [0.5, 0.6) is 11.5 Å². The summed E-state index contributed by atoms with van der Waals surface area (Å²) < 4.78 is 15.8. The number of amides is 1. The maximum absolute atomic E-state index is 12.3. The summed E-state index contributed by atoms with van der Waals surface area (Å²) in [5, 5.41) is 0. The summed E-state index contributed by atoms with van der Waals surface area (Å²) in [6.07, 6.45) is -0.997. The van der Waals surface area contributed by atoms with E-state index in [1.165, 1.54) is 4.90 Å². The van der Waals surface area contributed by atoms with Crippen molar-refractivity contribution >= 4 is 11.9 Å². The van der Waals surface area contributed by atoms with Gasteiger partial charge in [0.25, 0.3) is 5.91 Å². The van der Waals surface area contributed by atoms with Crippen LogP contribution in [-0.2, 0) is 14.3 Å². The minimum atomic E-state index is -0.997. The average molecular weight is 343 g/mol. The first-order chi connectivity index (χ1) is 12.0. The molecule has 0 saturated heterocycles. The monoisotopic (exact) mass is 343 g/mol. The predicted octanol–water partition coefficient (Wildman–Crippen LogP) is 2.45. The van der Waals surface area contributed by atoms with Gasteiger partial charge in [0.05, 0.1) is 7.11 Å². The highest BCUT2D eigenvalue weighted by Gasteiger charge is 2.26. The second kappa shape index (κ2) is 8.73. The quantitative estimate of drug-likeness (QED) is 0.723. The lowest BCUT2D eigenvalue weighted by atomic mass is 10.1. The van der Waals surface area contributed by atoms with Gasteiger partial charge in [-0.05, 0) is 24.3 Å². The number of hydrogen-bond donors (Lipinski definition) is 0. The van der Waals surface area contributed by atoms with E-state index in [0.717, 1.165) is 0 Å². The van der Waals surface area contributed by atoms with Crippen molar-refractivity contribution in [1.29, 1.82) is 0 Å². The third-order valence-electron chi connectivity index (χ3n) is 3.43. The van der Waals surface area contributed by atoms with Gasteiger partial charge >= 0.3 is 5.97 Å². The number of likely N-dealkylation sites (N-methyl/N-ethyl adjacent to an activating group) is 1. The van der Waals surface area contributed by atoms with Crippen molar-refractivity contribution in [3.63, 3.8) is 0 Å². The number of carbonyl (C=O) groups is 2. The number of esters is 1. The number of nitrogens with zero attached hydrogens (tertiary/aromatic N) is 1. The van der Waals surface area contributed by atoms with Crippen LogP contribution in [0.1, 0.15) is 11.7 Å². The highest BCUT2D eigenvalue weighted by Crippen LogP contribution is 2.20. The van der Waals surface area contributed by atoms with Crippen LogP contribution in [-0.4, -0.2) is 44.6 Å². The highest BCUT2D eigenvalue weighted by atomic mass is 16.6. The minimum Gasteiger partial charge on any atom is -0.497 e. The Morgan fingerprint density at radius 1 is 0.960 bits per heavy atom. The number of carbonyl (C=O) groups excluding carboxylic acids is 2. The Hall–Kier alpha value is -3.02. The van der Waals surface area contributed by atoms with Gasteiger partial charge in [0.15, 0.2) is 6.61 Å². The maximum Gasteiger partial charge on any atom is 0.345 e. The molecule has 0 aliphatic carbocycles. The zero-order valence-corrected chi connectivity index (χ0v) is 14.5. The Bertz CT molecular complexity index is 698. The Morgan fingerprint density at radius 3 is 2.12 bits per heavy atom. The molecule has 132 valence electrons. The summed E-state index contributed by atoms with van der Waals surface area (Å²) in [6, 6.07) is 15.7. The van der Waals surface area contributed by atoms with Gasteiger partial charge in [0, 0.05) is 19.7 Å². The molecular formula is C19H21NO5. The van der Waals surface area contributed by atoms with Crippen LogP contribution >= 0.6 is 0 Å². The molecule has 2 aromatic carbocycles. The molecule has 0 radical (unpaired) electrons. The Kier molecular flexibility index (Phi) is 6.39. The molecule has 0 bridgehead atoms. The fraction of sp³-hybridized carbons (Fsp3) is 0.263. The summed E-state index contributed by atoms with van der Waals surface area (Å²) in [7, 11) is 4.79. The summed E-state index contributed by atoms with van der Waals surface area (Å²) in [5.74, 6) is 0.257. The Labute approximate surface area is 146 Å². The van der Waals surface area contributed by atoms with Crippen LogP contribution in [0.15, 0.2) is 54.6 Å². The molecular weight excluding hydrogens is 322 g/mol. The number of hydrogen-bond acceptors (Lipinski definition) is 5. The van der Waals surface area contributed by atoms with E-state index in [9.17, 15) is 9.59 Å². The normalized spacial score (nSPS) is 11.3. The molecule has 6 heteroatoms. The SMILES string of the molecule is COc1ccc(OCC(=O)O[C@@H](C(=O)N(C)C)c2ccccc2)cc1. The molecule has 0 saturated carbocycles. The highest BCUT2D eigenvalue weighted by molar-refractivity contribution is 5.85. The molecule has 0 N–H and O–H groups in total. The van der Waals surface area contributed by atoms with Crippen LogP contribution in [0.3, 0.4) is 0 Å². The zero-order valence-electron chi connectivity index (χ0n) is 14.5. The fourth-order valence-electron chi connectivity index (χ4n) is 2.10. The molecule has 1 amide bonds. The molecule has 0 aromatic heterocycles. The molecule has 0 heterocycles. The van der Waals surface area contributed by atoms with Gasteiger partial charge in [0.1, 0.15) is 11.5 Å². The van der Waals surface area contributed by atoms with Crippen LogP contribution in [0.4, 0.5) is 0 Å². The van der Waals surface area contributed by atoms with E-state index in [2.05, 4.69) is 0 Å². The van der Waals surface area contributed by atoms with Crippen LogP contribution in [0, 0.1) is 0 Å². The first kappa shape index (κ1) is 18.3. The molecule has 0 aliphatic heterocycles. The lowest BCUT2D eigenvalue weighted by Gasteiger charge is -2.21. The minimum absolute atomic E-state index is 0.295. The number of ether oxygens (including phenoxy) is 3. The van der Waals surface area contributed by atoms with Crippen molar-refractivity contribution in [1.82, 2.24) is 4.90 Å². The van der Waals surface area contributed by atoms with E-state index >= 15 is 0 Å². The van der Waals surface area contributed by atoms with Gasteiger partial charge in [-0.2, -0.15) is 0 Å².